The van der Waals surface area contributed by atoms with Crippen LogP contribution >= 0.6 is 22.6 Å². The van der Waals surface area contributed by atoms with Gasteiger partial charge in [-0.15, -0.1) is 0 Å². The minimum Gasteiger partial charge on any atom is -0.357 e. The predicted octanol–water partition coefficient (Wildman–Crippen LogP) is 2.75. The second-order valence-corrected chi connectivity index (χ2v) is 4.62. The third kappa shape index (κ3) is 2.11. The molecule has 0 aliphatic carbocycles. The zero-order valence-corrected chi connectivity index (χ0v) is 10.5. The van der Waals surface area contributed by atoms with Gasteiger partial charge in [-0.2, -0.15) is 5.10 Å². The molecule has 0 amide bonds. The summed E-state index contributed by atoms with van der Waals surface area (Å²) < 4.78 is 8.77. The molecule has 1 fully saturated rings. The van der Waals surface area contributed by atoms with Gasteiger partial charge in [-0.25, -0.2) is 4.68 Å². The Hall–Kier alpha value is -0.100. The van der Waals surface area contributed by atoms with Gasteiger partial charge in [-0.3, -0.25) is 0 Å². The van der Waals surface area contributed by atoms with Gasteiger partial charge in [0.05, 0.1) is 0 Å². The molecule has 78 valence electrons. The highest BCUT2D eigenvalue weighted by atomic mass is 127. The lowest BCUT2D eigenvalue weighted by Crippen LogP contribution is -2.18. The molecule has 3 nitrogen and oxygen atoms in total. The van der Waals surface area contributed by atoms with Gasteiger partial charge in [0, 0.05) is 18.4 Å². The maximum atomic E-state index is 5.67. The first-order valence-corrected chi connectivity index (χ1v) is 6.24. The van der Waals surface area contributed by atoms with E-state index in [2.05, 4.69) is 40.8 Å². The van der Waals surface area contributed by atoms with Gasteiger partial charge in [0.2, 0.25) is 0 Å². The SMILES string of the molecule is CCc1cn(C2CCCCO2)nc1I. The second-order valence-electron chi connectivity index (χ2n) is 3.60. The summed E-state index contributed by atoms with van der Waals surface area (Å²) in [4.78, 5) is 0. The predicted molar refractivity (Wildman–Crippen MR) is 63.2 cm³/mol. The fraction of sp³-hybridized carbons (Fsp3) is 0.700. The molecule has 1 aromatic heterocycles. The molecule has 1 aromatic rings. The topological polar surface area (TPSA) is 27.1 Å². The second kappa shape index (κ2) is 4.61. The van der Waals surface area contributed by atoms with E-state index in [1.165, 1.54) is 18.4 Å². The number of nitrogens with zero attached hydrogens (tertiary/aromatic N) is 2. The van der Waals surface area contributed by atoms with Gasteiger partial charge in [-0.1, -0.05) is 6.92 Å². The Kier molecular flexibility index (Phi) is 3.43. The van der Waals surface area contributed by atoms with E-state index in [0.717, 1.165) is 23.1 Å². The van der Waals surface area contributed by atoms with Gasteiger partial charge in [-0.05, 0) is 48.3 Å². The maximum absolute atomic E-state index is 5.67. The fourth-order valence-electron chi connectivity index (χ4n) is 1.72. The molecular weight excluding hydrogens is 291 g/mol. The molecule has 2 heterocycles. The van der Waals surface area contributed by atoms with Crippen LogP contribution in [0, 0.1) is 3.70 Å². The monoisotopic (exact) mass is 306 g/mol. The maximum Gasteiger partial charge on any atom is 0.150 e. The number of rotatable bonds is 2. The van der Waals surface area contributed by atoms with E-state index >= 15 is 0 Å². The first-order chi connectivity index (χ1) is 6.81. The molecule has 14 heavy (non-hydrogen) atoms. The van der Waals surface area contributed by atoms with E-state index in [1.54, 1.807) is 0 Å². The Morgan fingerprint density at radius 2 is 2.50 bits per heavy atom. The largest absolute Gasteiger partial charge is 0.357 e. The van der Waals surface area contributed by atoms with Crippen molar-refractivity contribution in [1.29, 1.82) is 0 Å². The number of hydrogen-bond donors (Lipinski definition) is 0. The normalized spacial score (nSPS) is 22.6. The van der Waals surface area contributed by atoms with Crippen molar-refractivity contribution >= 4 is 22.6 Å². The molecule has 4 heteroatoms. The van der Waals surface area contributed by atoms with Gasteiger partial charge in [0.25, 0.3) is 0 Å². The zero-order valence-electron chi connectivity index (χ0n) is 8.37. The van der Waals surface area contributed by atoms with E-state index < -0.39 is 0 Å². The molecule has 1 aliphatic heterocycles. The van der Waals surface area contributed by atoms with Crippen molar-refractivity contribution in [2.75, 3.05) is 6.61 Å². The van der Waals surface area contributed by atoms with Crippen molar-refractivity contribution in [3.8, 4) is 0 Å². The molecule has 0 aromatic carbocycles. The van der Waals surface area contributed by atoms with E-state index in [0.29, 0.717) is 0 Å². The van der Waals surface area contributed by atoms with Gasteiger partial charge >= 0.3 is 0 Å². The minimum atomic E-state index is 0.178. The van der Waals surface area contributed by atoms with Crippen molar-refractivity contribution in [2.45, 2.75) is 38.8 Å². The van der Waals surface area contributed by atoms with Crippen molar-refractivity contribution in [2.24, 2.45) is 0 Å². The molecule has 1 saturated heterocycles. The smallest absolute Gasteiger partial charge is 0.150 e. The fourth-order valence-corrected chi connectivity index (χ4v) is 2.49. The van der Waals surface area contributed by atoms with Crippen LogP contribution in [0.15, 0.2) is 6.20 Å². The molecule has 0 radical (unpaired) electrons. The summed E-state index contributed by atoms with van der Waals surface area (Å²) in [7, 11) is 0. The van der Waals surface area contributed by atoms with Gasteiger partial charge < -0.3 is 4.74 Å². The molecule has 1 unspecified atom stereocenters. The minimum absolute atomic E-state index is 0.178. The van der Waals surface area contributed by atoms with Crippen LogP contribution in [0.4, 0.5) is 0 Å². The molecule has 0 N–H and O–H groups in total. The van der Waals surface area contributed by atoms with Gasteiger partial charge in [0.1, 0.15) is 9.93 Å². The summed E-state index contributed by atoms with van der Waals surface area (Å²) in [6.45, 7) is 3.04. The lowest BCUT2D eigenvalue weighted by atomic mass is 10.2. The highest BCUT2D eigenvalue weighted by Gasteiger charge is 2.17. The van der Waals surface area contributed by atoms with Crippen molar-refractivity contribution in [1.82, 2.24) is 9.78 Å². The standard InChI is InChI=1S/C10H15IN2O/c1-2-8-7-13(12-10(8)11)9-5-3-4-6-14-9/h7,9H,2-6H2,1H3. The molecule has 1 atom stereocenters. The van der Waals surface area contributed by atoms with Crippen LogP contribution in [0.25, 0.3) is 0 Å². The van der Waals surface area contributed by atoms with Gasteiger partial charge in [0.15, 0.2) is 0 Å². The zero-order chi connectivity index (χ0) is 9.97. The van der Waals surface area contributed by atoms with Crippen LogP contribution < -0.4 is 0 Å². The summed E-state index contributed by atoms with van der Waals surface area (Å²) in [5.41, 5.74) is 1.32. The summed E-state index contributed by atoms with van der Waals surface area (Å²) in [6, 6.07) is 0. The molecular formula is C10H15IN2O. The number of hydrogen-bond acceptors (Lipinski definition) is 2. The van der Waals surface area contributed by atoms with E-state index in [4.69, 9.17) is 4.74 Å². The van der Waals surface area contributed by atoms with E-state index in [-0.39, 0.29) is 6.23 Å². The van der Waals surface area contributed by atoms with E-state index in [1.807, 2.05) is 4.68 Å². The first-order valence-electron chi connectivity index (χ1n) is 5.16. The average Bonchev–Trinajstić information content (AvgIpc) is 2.61. The summed E-state index contributed by atoms with van der Waals surface area (Å²) >= 11 is 2.29. The van der Waals surface area contributed by atoms with Crippen LogP contribution in [0.5, 0.6) is 0 Å². The summed E-state index contributed by atoms with van der Waals surface area (Å²) in [5.74, 6) is 0. The number of aromatic nitrogens is 2. The van der Waals surface area contributed by atoms with Crippen LogP contribution in [0.1, 0.15) is 38.0 Å². The summed E-state index contributed by atoms with van der Waals surface area (Å²) in [5, 5.41) is 4.48. The Morgan fingerprint density at radius 1 is 1.64 bits per heavy atom. The molecule has 2 rings (SSSR count). The van der Waals surface area contributed by atoms with Crippen LogP contribution in [-0.4, -0.2) is 16.4 Å². The molecule has 0 bridgehead atoms. The average molecular weight is 306 g/mol. The number of aryl methyl sites for hydroxylation is 1. The molecule has 1 aliphatic rings. The third-order valence-electron chi connectivity index (χ3n) is 2.59. The lowest BCUT2D eigenvalue weighted by molar-refractivity contribution is -0.0397. The third-order valence-corrected chi connectivity index (χ3v) is 3.50. The van der Waals surface area contributed by atoms with Crippen LogP contribution in [0.2, 0.25) is 0 Å². The first kappa shape index (κ1) is 10.4. The van der Waals surface area contributed by atoms with Crippen LogP contribution in [0.3, 0.4) is 0 Å². The quantitative estimate of drug-likeness (QED) is 0.786. The van der Waals surface area contributed by atoms with Crippen molar-refractivity contribution in [3.05, 3.63) is 15.5 Å². The van der Waals surface area contributed by atoms with Crippen molar-refractivity contribution in [3.63, 3.8) is 0 Å². The number of halogens is 1. The van der Waals surface area contributed by atoms with Crippen molar-refractivity contribution < 1.29 is 4.74 Å². The summed E-state index contributed by atoms with van der Waals surface area (Å²) in [6.07, 6.45) is 6.89. The molecule has 0 saturated carbocycles. The Labute approximate surface area is 98.0 Å². The number of ether oxygens (including phenoxy) is 1. The highest BCUT2D eigenvalue weighted by molar-refractivity contribution is 14.1. The molecule has 0 spiro atoms. The highest BCUT2D eigenvalue weighted by Crippen LogP contribution is 2.23. The van der Waals surface area contributed by atoms with Crippen LogP contribution in [-0.2, 0) is 11.2 Å². The Morgan fingerprint density at radius 3 is 3.07 bits per heavy atom. The Bertz CT molecular complexity index is 305. The Balaban J connectivity index is 2.14. The van der Waals surface area contributed by atoms with E-state index in [9.17, 15) is 0 Å². The lowest BCUT2D eigenvalue weighted by Gasteiger charge is -2.22.